The molecule has 0 amide bonds. The molecule has 0 radical (unpaired) electrons. The molecule has 0 saturated heterocycles. The van der Waals surface area contributed by atoms with Crippen LogP contribution >= 0.6 is 11.8 Å². The van der Waals surface area contributed by atoms with Crippen molar-refractivity contribution in [3.63, 3.8) is 0 Å². The standard InChI is InChI=1S/C14H17F2NO2S/c15-10-3-4-11(16)12(8-10)20-7-5-9-2-1-6-14(9,17)13(18)19/h3-4,8-9H,1-2,5-7,17H2,(H,18,19). The first-order chi connectivity index (χ1) is 9.43. The van der Waals surface area contributed by atoms with Gasteiger partial charge in [0.1, 0.15) is 17.2 Å². The summed E-state index contributed by atoms with van der Waals surface area (Å²) < 4.78 is 26.5. The van der Waals surface area contributed by atoms with Gasteiger partial charge < -0.3 is 10.8 Å². The van der Waals surface area contributed by atoms with Gasteiger partial charge in [0.15, 0.2) is 0 Å². The van der Waals surface area contributed by atoms with Crippen LogP contribution in [0.2, 0.25) is 0 Å². The van der Waals surface area contributed by atoms with E-state index in [9.17, 15) is 18.7 Å². The van der Waals surface area contributed by atoms with Crippen LogP contribution in [0.25, 0.3) is 0 Å². The lowest BCUT2D eigenvalue weighted by molar-refractivity contribution is -0.144. The van der Waals surface area contributed by atoms with Crippen LogP contribution in [0.3, 0.4) is 0 Å². The Balaban J connectivity index is 1.93. The Morgan fingerprint density at radius 3 is 2.95 bits per heavy atom. The third kappa shape index (κ3) is 3.12. The first kappa shape index (κ1) is 15.3. The number of carbonyl (C=O) groups is 1. The van der Waals surface area contributed by atoms with E-state index in [-0.39, 0.29) is 10.8 Å². The first-order valence-electron chi connectivity index (χ1n) is 6.53. The van der Waals surface area contributed by atoms with Gasteiger partial charge in [0, 0.05) is 4.90 Å². The Bertz CT molecular complexity index is 512. The Morgan fingerprint density at radius 2 is 2.25 bits per heavy atom. The summed E-state index contributed by atoms with van der Waals surface area (Å²) in [5.74, 6) is -1.49. The number of hydrogen-bond donors (Lipinski definition) is 2. The van der Waals surface area contributed by atoms with E-state index in [1.54, 1.807) is 0 Å². The van der Waals surface area contributed by atoms with Crippen molar-refractivity contribution < 1.29 is 18.7 Å². The molecule has 3 nitrogen and oxygen atoms in total. The van der Waals surface area contributed by atoms with Crippen molar-refractivity contribution in [3.05, 3.63) is 29.8 Å². The van der Waals surface area contributed by atoms with Gasteiger partial charge in [-0.05, 0) is 49.1 Å². The molecule has 1 aromatic rings. The molecule has 1 aliphatic carbocycles. The molecular formula is C14H17F2NO2S. The summed E-state index contributed by atoms with van der Waals surface area (Å²) in [4.78, 5) is 11.5. The lowest BCUT2D eigenvalue weighted by Gasteiger charge is -2.26. The van der Waals surface area contributed by atoms with E-state index >= 15 is 0 Å². The van der Waals surface area contributed by atoms with Gasteiger partial charge in [-0.3, -0.25) is 4.79 Å². The fraction of sp³-hybridized carbons (Fsp3) is 0.500. The normalized spacial score (nSPS) is 25.9. The van der Waals surface area contributed by atoms with E-state index in [0.717, 1.165) is 31.0 Å². The zero-order valence-corrected chi connectivity index (χ0v) is 11.8. The predicted octanol–water partition coefficient (Wildman–Crippen LogP) is 3.03. The Hall–Kier alpha value is -1.14. The van der Waals surface area contributed by atoms with Gasteiger partial charge in [-0.2, -0.15) is 0 Å². The van der Waals surface area contributed by atoms with Crippen LogP contribution in [0.15, 0.2) is 23.1 Å². The Labute approximate surface area is 120 Å². The van der Waals surface area contributed by atoms with Crippen LogP contribution in [0, 0.1) is 17.6 Å². The lowest BCUT2D eigenvalue weighted by Crippen LogP contribution is -2.51. The van der Waals surface area contributed by atoms with Crippen molar-refractivity contribution in [2.75, 3.05) is 5.75 Å². The molecule has 6 heteroatoms. The highest BCUT2D eigenvalue weighted by atomic mass is 32.2. The van der Waals surface area contributed by atoms with Gasteiger partial charge >= 0.3 is 5.97 Å². The molecule has 0 aromatic heterocycles. The molecule has 2 rings (SSSR count). The summed E-state index contributed by atoms with van der Waals surface area (Å²) in [6.45, 7) is 0. The number of benzene rings is 1. The van der Waals surface area contributed by atoms with E-state index in [1.807, 2.05) is 0 Å². The lowest BCUT2D eigenvalue weighted by atomic mass is 9.86. The molecule has 3 N–H and O–H groups in total. The Kier molecular flexibility index (Phi) is 4.65. The van der Waals surface area contributed by atoms with Gasteiger partial charge in [0.2, 0.25) is 0 Å². The molecule has 1 aromatic carbocycles. The van der Waals surface area contributed by atoms with Crippen molar-refractivity contribution in [3.8, 4) is 0 Å². The van der Waals surface area contributed by atoms with Crippen LogP contribution < -0.4 is 5.73 Å². The maximum Gasteiger partial charge on any atom is 0.323 e. The molecule has 110 valence electrons. The minimum Gasteiger partial charge on any atom is -0.480 e. The quantitative estimate of drug-likeness (QED) is 0.821. The fourth-order valence-corrected chi connectivity index (χ4v) is 3.71. The van der Waals surface area contributed by atoms with Crippen LogP contribution in [0.5, 0.6) is 0 Å². The maximum atomic E-state index is 13.4. The number of hydrogen-bond acceptors (Lipinski definition) is 3. The van der Waals surface area contributed by atoms with E-state index in [4.69, 9.17) is 5.73 Å². The molecule has 2 atom stereocenters. The fourth-order valence-electron chi connectivity index (χ4n) is 2.69. The zero-order valence-electron chi connectivity index (χ0n) is 10.9. The summed E-state index contributed by atoms with van der Waals surface area (Å²) >= 11 is 1.20. The third-order valence-electron chi connectivity index (χ3n) is 3.89. The van der Waals surface area contributed by atoms with Gasteiger partial charge in [-0.15, -0.1) is 11.8 Å². The molecule has 2 unspecified atom stereocenters. The number of rotatable bonds is 5. The number of carboxylic acids is 1. The van der Waals surface area contributed by atoms with Gasteiger partial charge in [-0.25, -0.2) is 8.78 Å². The molecule has 1 fully saturated rings. The van der Waals surface area contributed by atoms with E-state index in [2.05, 4.69) is 0 Å². The van der Waals surface area contributed by atoms with Crippen LogP contribution in [-0.4, -0.2) is 22.4 Å². The monoisotopic (exact) mass is 301 g/mol. The molecule has 1 aliphatic rings. The average molecular weight is 301 g/mol. The second-order valence-corrected chi connectivity index (χ2v) is 6.28. The zero-order chi connectivity index (χ0) is 14.8. The van der Waals surface area contributed by atoms with E-state index < -0.39 is 23.1 Å². The summed E-state index contributed by atoms with van der Waals surface area (Å²) in [7, 11) is 0. The largest absolute Gasteiger partial charge is 0.480 e. The summed E-state index contributed by atoms with van der Waals surface area (Å²) in [6, 6.07) is 3.32. The van der Waals surface area contributed by atoms with Crippen molar-refractivity contribution in [2.45, 2.75) is 36.1 Å². The summed E-state index contributed by atoms with van der Waals surface area (Å²) in [5, 5.41) is 9.20. The van der Waals surface area contributed by atoms with Crippen molar-refractivity contribution in [1.82, 2.24) is 0 Å². The molecule has 20 heavy (non-hydrogen) atoms. The molecule has 0 heterocycles. The highest BCUT2D eigenvalue weighted by molar-refractivity contribution is 7.99. The molecule has 0 bridgehead atoms. The minimum atomic E-state index is -1.17. The van der Waals surface area contributed by atoms with E-state index in [1.165, 1.54) is 11.8 Å². The highest BCUT2D eigenvalue weighted by Gasteiger charge is 2.45. The summed E-state index contributed by atoms with van der Waals surface area (Å²) in [5.41, 5.74) is 4.77. The van der Waals surface area contributed by atoms with E-state index in [0.29, 0.717) is 18.6 Å². The second kappa shape index (κ2) is 6.10. The van der Waals surface area contributed by atoms with Crippen LogP contribution in [0.4, 0.5) is 8.78 Å². The topological polar surface area (TPSA) is 63.3 Å². The number of aliphatic carboxylic acids is 1. The van der Waals surface area contributed by atoms with Crippen molar-refractivity contribution in [2.24, 2.45) is 11.7 Å². The molecule has 1 saturated carbocycles. The number of carboxylic acid groups (broad SMARTS) is 1. The number of halogens is 2. The highest BCUT2D eigenvalue weighted by Crippen LogP contribution is 2.37. The SMILES string of the molecule is NC1(C(=O)O)CCCC1CCSc1cc(F)ccc1F. The third-order valence-corrected chi connectivity index (χ3v) is 4.95. The van der Waals surface area contributed by atoms with Crippen molar-refractivity contribution >= 4 is 17.7 Å². The number of nitrogens with two attached hydrogens (primary N) is 1. The van der Waals surface area contributed by atoms with Crippen LogP contribution in [-0.2, 0) is 4.79 Å². The summed E-state index contributed by atoms with van der Waals surface area (Å²) in [6.07, 6.45) is 2.64. The second-order valence-electron chi connectivity index (χ2n) is 5.15. The molecule has 0 spiro atoms. The smallest absolute Gasteiger partial charge is 0.323 e. The first-order valence-corrected chi connectivity index (χ1v) is 7.52. The van der Waals surface area contributed by atoms with Gasteiger partial charge in [-0.1, -0.05) is 6.42 Å². The average Bonchev–Trinajstić information content (AvgIpc) is 2.77. The van der Waals surface area contributed by atoms with Gasteiger partial charge in [0.05, 0.1) is 0 Å². The number of thioether (sulfide) groups is 1. The van der Waals surface area contributed by atoms with Crippen molar-refractivity contribution in [1.29, 1.82) is 0 Å². The maximum absolute atomic E-state index is 13.4. The van der Waals surface area contributed by atoms with Gasteiger partial charge in [0.25, 0.3) is 0 Å². The molecular weight excluding hydrogens is 284 g/mol. The minimum absolute atomic E-state index is 0.107. The molecule has 0 aliphatic heterocycles. The van der Waals surface area contributed by atoms with Crippen LogP contribution in [0.1, 0.15) is 25.7 Å². The Morgan fingerprint density at radius 1 is 1.50 bits per heavy atom. The predicted molar refractivity (Wildman–Crippen MR) is 73.6 cm³/mol.